The summed E-state index contributed by atoms with van der Waals surface area (Å²) in [6.45, 7) is 1.44. The molecule has 0 spiro atoms. The molecule has 1 saturated heterocycles. The quantitative estimate of drug-likeness (QED) is 0.854. The number of hydrogen-bond donors (Lipinski definition) is 1. The van der Waals surface area contributed by atoms with Crippen molar-refractivity contribution >= 4 is 17.5 Å². The fourth-order valence-electron chi connectivity index (χ4n) is 3.54. The van der Waals surface area contributed by atoms with Crippen LogP contribution in [0.2, 0.25) is 5.02 Å². The van der Waals surface area contributed by atoms with Gasteiger partial charge in [-0.1, -0.05) is 35.9 Å². The first-order valence-corrected chi connectivity index (χ1v) is 9.29. The fraction of sp³-hybridized carbons (Fsp3) is 0.381. The van der Waals surface area contributed by atoms with Crippen molar-refractivity contribution in [2.45, 2.75) is 31.3 Å². The van der Waals surface area contributed by atoms with Gasteiger partial charge in [-0.2, -0.15) is 0 Å². The summed E-state index contributed by atoms with van der Waals surface area (Å²) in [7, 11) is 1.72. The molecule has 1 heterocycles. The van der Waals surface area contributed by atoms with Gasteiger partial charge < -0.3 is 14.7 Å². The van der Waals surface area contributed by atoms with Gasteiger partial charge in [0.2, 0.25) is 5.91 Å². The van der Waals surface area contributed by atoms with E-state index in [1.807, 2.05) is 35.2 Å². The molecule has 3 rings (SSSR count). The molecule has 1 aliphatic rings. The Balaban J connectivity index is 1.81. The number of ether oxygens (including phenoxy) is 1. The van der Waals surface area contributed by atoms with Crippen LogP contribution < -0.4 is 0 Å². The lowest BCUT2D eigenvalue weighted by Crippen LogP contribution is -2.41. The van der Waals surface area contributed by atoms with Crippen molar-refractivity contribution in [1.29, 1.82) is 0 Å². The van der Waals surface area contributed by atoms with Gasteiger partial charge in [-0.05, 0) is 48.2 Å². The first-order chi connectivity index (χ1) is 12.6. The van der Waals surface area contributed by atoms with Gasteiger partial charge in [0.1, 0.15) is 5.75 Å². The minimum Gasteiger partial charge on any atom is -0.508 e. The number of phenolic OH excluding ortho intramolecular Hbond substituents is 1. The summed E-state index contributed by atoms with van der Waals surface area (Å²) in [5, 5.41) is 10.5. The van der Waals surface area contributed by atoms with Crippen molar-refractivity contribution in [3.05, 3.63) is 64.7 Å². The van der Waals surface area contributed by atoms with Gasteiger partial charge in [-0.15, -0.1) is 0 Å². The maximum Gasteiger partial charge on any atom is 0.223 e. The lowest BCUT2D eigenvalue weighted by molar-refractivity contribution is -0.133. The van der Waals surface area contributed by atoms with Crippen LogP contribution in [-0.4, -0.2) is 42.2 Å². The van der Waals surface area contributed by atoms with Crippen LogP contribution in [0.3, 0.4) is 0 Å². The minimum absolute atomic E-state index is 0.118. The Kier molecular flexibility index (Phi) is 6.17. The Morgan fingerprint density at radius 1 is 1.19 bits per heavy atom. The molecule has 1 fully saturated rings. The van der Waals surface area contributed by atoms with Crippen LogP contribution in [0.15, 0.2) is 48.5 Å². The maximum absolute atomic E-state index is 12.9. The molecule has 0 saturated carbocycles. The topological polar surface area (TPSA) is 49.8 Å². The Morgan fingerprint density at radius 2 is 1.85 bits per heavy atom. The van der Waals surface area contributed by atoms with E-state index < -0.39 is 0 Å². The highest BCUT2D eigenvalue weighted by Gasteiger charge is 2.26. The highest BCUT2D eigenvalue weighted by atomic mass is 35.5. The van der Waals surface area contributed by atoms with Crippen LogP contribution in [-0.2, 0) is 9.53 Å². The molecule has 138 valence electrons. The third-order valence-corrected chi connectivity index (χ3v) is 5.27. The van der Waals surface area contributed by atoms with Crippen LogP contribution >= 0.6 is 11.6 Å². The molecule has 0 aromatic heterocycles. The lowest BCUT2D eigenvalue weighted by atomic mass is 9.87. The van der Waals surface area contributed by atoms with E-state index >= 15 is 0 Å². The summed E-state index contributed by atoms with van der Waals surface area (Å²) in [6.07, 6.45) is 2.34. The van der Waals surface area contributed by atoms with E-state index in [-0.39, 0.29) is 23.7 Å². The fourth-order valence-corrected chi connectivity index (χ4v) is 3.74. The Hall–Kier alpha value is -2.04. The van der Waals surface area contributed by atoms with Gasteiger partial charge >= 0.3 is 0 Å². The third kappa shape index (κ3) is 4.57. The lowest BCUT2D eigenvalue weighted by Gasteiger charge is -2.32. The third-order valence-electron chi connectivity index (χ3n) is 5.03. The Morgan fingerprint density at radius 3 is 2.46 bits per heavy atom. The number of hydrogen-bond acceptors (Lipinski definition) is 3. The number of carbonyl (C=O) groups is 1. The standard InChI is InChI=1S/C21H24ClNO3/c1-26-19-8-10-23(11-9-19)21(25)14-20(15-4-2-6-17(22)12-15)16-5-3-7-18(24)13-16/h2-7,12-13,19-20,24H,8-11,14H2,1H3/t20-/m0/s1. The molecule has 0 bridgehead atoms. The normalized spacial score (nSPS) is 16.5. The summed E-state index contributed by atoms with van der Waals surface area (Å²) in [6, 6.07) is 14.7. The number of amides is 1. The van der Waals surface area contributed by atoms with Crippen molar-refractivity contribution in [1.82, 2.24) is 4.90 Å². The van der Waals surface area contributed by atoms with E-state index in [9.17, 15) is 9.90 Å². The molecular weight excluding hydrogens is 350 g/mol. The number of aromatic hydroxyl groups is 1. The number of carbonyl (C=O) groups excluding carboxylic acids is 1. The molecule has 0 unspecified atom stereocenters. The van der Waals surface area contributed by atoms with E-state index in [0.29, 0.717) is 11.4 Å². The Bertz CT molecular complexity index is 711. The van der Waals surface area contributed by atoms with E-state index in [1.165, 1.54) is 0 Å². The molecule has 5 heteroatoms. The number of halogens is 1. The molecule has 0 aliphatic carbocycles. The zero-order chi connectivity index (χ0) is 18.5. The number of methoxy groups -OCH3 is 1. The summed E-state index contributed by atoms with van der Waals surface area (Å²) in [5.41, 5.74) is 1.88. The predicted molar refractivity (Wildman–Crippen MR) is 103 cm³/mol. The molecule has 26 heavy (non-hydrogen) atoms. The van der Waals surface area contributed by atoms with Gasteiger partial charge in [-0.3, -0.25) is 4.79 Å². The van der Waals surface area contributed by atoms with Gasteiger partial charge in [0.25, 0.3) is 0 Å². The van der Waals surface area contributed by atoms with E-state index in [4.69, 9.17) is 16.3 Å². The predicted octanol–water partition coefficient (Wildman–Crippen LogP) is 4.21. The molecule has 1 amide bonds. The second kappa shape index (κ2) is 8.56. The highest BCUT2D eigenvalue weighted by Crippen LogP contribution is 2.32. The van der Waals surface area contributed by atoms with Crippen molar-refractivity contribution in [2.75, 3.05) is 20.2 Å². The SMILES string of the molecule is COC1CCN(C(=O)C[C@H](c2cccc(O)c2)c2cccc(Cl)c2)CC1. The van der Waals surface area contributed by atoms with Crippen molar-refractivity contribution in [2.24, 2.45) is 0 Å². The largest absolute Gasteiger partial charge is 0.508 e. The van der Waals surface area contributed by atoms with Gasteiger partial charge in [0.05, 0.1) is 6.10 Å². The van der Waals surface area contributed by atoms with Gasteiger partial charge in [0, 0.05) is 37.6 Å². The van der Waals surface area contributed by atoms with E-state index in [1.54, 1.807) is 25.3 Å². The summed E-state index contributed by atoms with van der Waals surface area (Å²) in [5.74, 6) is 0.171. The molecule has 1 N–H and O–H groups in total. The van der Waals surface area contributed by atoms with Crippen LogP contribution in [0, 0.1) is 0 Å². The van der Waals surface area contributed by atoms with Crippen LogP contribution in [0.5, 0.6) is 5.75 Å². The van der Waals surface area contributed by atoms with E-state index in [0.717, 1.165) is 37.1 Å². The first-order valence-electron chi connectivity index (χ1n) is 8.92. The zero-order valence-corrected chi connectivity index (χ0v) is 15.7. The molecule has 4 nitrogen and oxygen atoms in total. The Labute approximate surface area is 159 Å². The maximum atomic E-state index is 12.9. The molecule has 0 radical (unpaired) electrons. The van der Waals surface area contributed by atoms with E-state index in [2.05, 4.69) is 0 Å². The monoisotopic (exact) mass is 373 g/mol. The first kappa shape index (κ1) is 18.7. The molecule has 2 aromatic rings. The molecule has 2 aromatic carbocycles. The number of benzene rings is 2. The van der Waals surface area contributed by atoms with Crippen molar-refractivity contribution in [3.63, 3.8) is 0 Å². The van der Waals surface area contributed by atoms with Crippen LogP contribution in [0.4, 0.5) is 0 Å². The second-order valence-electron chi connectivity index (χ2n) is 6.72. The van der Waals surface area contributed by atoms with Crippen molar-refractivity contribution in [3.8, 4) is 5.75 Å². The number of nitrogens with zero attached hydrogens (tertiary/aromatic N) is 1. The second-order valence-corrected chi connectivity index (χ2v) is 7.16. The van der Waals surface area contributed by atoms with Gasteiger partial charge in [0.15, 0.2) is 0 Å². The number of piperidine rings is 1. The summed E-state index contributed by atoms with van der Waals surface area (Å²) >= 11 is 6.17. The molecule has 1 atom stereocenters. The number of phenols is 1. The van der Waals surface area contributed by atoms with Crippen LogP contribution in [0.25, 0.3) is 0 Å². The van der Waals surface area contributed by atoms with Crippen LogP contribution in [0.1, 0.15) is 36.3 Å². The summed E-state index contributed by atoms with van der Waals surface area (Å²) < 4.78 is 5.38. The number of likely N-dealkylation sites (tertiary alicyclic amines) is 1. The average Bonchev–Trinajstić information content (AvgIpc) is 2.66. The molecular formula is C21H24ClNO3. The van der Waals surface area contributed by atoms with Crippen molar-refractivity contribution < 1.29 is 14.6 Å². The summed E-state index contributed by atoms with van der Waals surface area (Å²) in [4.78, 5) is 14.8. The van der Waals surface area contributed by atoms with Gasteiger partial charge in [-0.25, -0.2) is 0 Å². The highest BCUT2D eigenvalue weighted by molar-refractivity contribution is 6.30. The molecule has 1 aliphatic heterocycles. The zero-order valence-electron chi connectivity index (χ0n) is 14.9. The average molecular weight is 374 g/mol. The number of rotatable bonds is 5. The minimum atomic E-state index is -0.145. The smallest absolute Gasteiger partial charge is 0.223 e.